The molecule has 0 radical (unpaired) electrons. The van der Waals surface area contributed by atoms with Gasteiger partial charge in [-0.25, -0.2) is 4.98 Å². The van der Waals surface area contributed by atoms with Gasteiger partial charge in [0.1, 0.15) is 0 Å². The van der Waals surface area contributed by atoms with E-state index in [1.165, 1.54) is 27.2 Å². The highest BCUT2D eigenvalue weighted by Crippen LogP contribution is 2.26. The highest BCUT2D eigenvalue weighted by Gasteiger charge is 2.19. The Bertz CT molecular complexity index is 499. The zero-order valence-electron chi connectivity index (χ0n) is 9.40. The molecular formula is C12H14BrN3S. The summed E-state index contributed by atoms with van der Waals surface area (Å²) in [7, 11) is 0. The van der Waals surface area contributed by atoms with Crippen LogP contribution in [0.3, 0.4) is 0 Å². The van der Waals surface area contributed by atoms with E-state index in [1.54, 1.807) is 11.3 Å². The monoisotopic (exact) mass is 311 g/mol. The molecule has 0 saturated carbocycles. The van der Waals surface area contributed by atoms with Crippen molar-refractivity contribution in [1.82, 2.24) is 14.9 Å². The van der Waals surface area contributed by atoms with E-state index in [0.29, 0.717) is 6.04 Å². The van der Waals surface area contributed by atoms with Crippen molar-refractivity contribution in [1.29, 1.82) is 0 Å². The predicted octanol–water partition coefficient (Wildman–Crippen LogP) is 3.18. The van der Waals surface area contributed by atoms with Gasteiger partial charge in [-0.2, -0.15) is 0 Å². The van der Waals surface area contributed by atoms with Gasteiger partial charge < -0.3 is 9.88 Å². The number of hydrogen-bond donors (Lipinski definition) is 1. The molecule has 2 aromatic rings. The molecular weight excluding hydrogens is 298 g/mol. The maximum Gasteiger partial charge on any atom is 0.0952 e. The van der Waals surface area contributed by atoms with E-state index >= 15 is 0 Å². The molecule has 1 saturated heterocycles. The van der Waals surface area contributed by atoms with Crippen LogP contribution >= 0.6 is 27.3 Å². The molecule has 90 valence electrons. The van der Waals surface area contributed by atoms with E-state index in [4.69, 9.17) is 0 Å². The Kier molecular flexibility index (Phi) is 3.31. The lowest BCUT2D eigenvalue weighted by Gasteiger charge is -2.13. The van der Waals surface area contributed by atoms with E-state index < -0.39 is 0 Å². The van der Waals surface area contributed by atoms with Gasteiger partial charge in [-0.15, -0.1) is 11.3 Å². The largest absolute Gasteiger partial charge is 0.328 e. The smallest absolute Gasteiger partial charge is 0.0952 e. The zero-order valence-corrected chi connectivity index (χ0v) is 11.8. The van der Waals surface area contributed by atoms with E-state index in [-0.39, 0.29) is 0 Å². The first-order valence-corrected chi connectivity index (χ1v) is 7.41. The van der Waals surface area contributed by atoms with Gasteiger partial charge in [-0.1, -0.05) is 0 Å². The lowest BCUT2D eigenvalue weighted by molar-refractivity contribution is 0.586. The number of imidazole rings is 1. The van der Waals surface area contributed by atoms with Crippen molar-refractivity contribution >= 4 is 27.3 Å². The Morgan fingerprint density at radius 2 is 2.47 bits per heavy atom. The minimum Gasteiger partial charge on any atom is -0.328 e. The maximum atomic E-state index is 4.29. The number of nitrogens with one attached hydrogen (secondary N) is 1. The molecule has 1 fully saturated rings. The van der Waals surface area contributed by atoms with Gasteiger partial charge in [-0.05, 0) is 47.4 Å². The molecule has 0 aromatic carbocycles. The summed E-state index contributed by atoms with van der Waals surface area (Å²) in [5.74, 6) is 0. The van der Waals surface area contributed by atoms with Crippen LogP contribution in [0.1, 0.15) is 29.5 Å². The molecule has 5 heteroatoms. The Hall–Kier alpha value is -0.650. The van der Waals surface area contributed by atoms with Crippen LogP contribution in [0, 0.1) is 0 Å². The lowest BCUT2D eigenvalue weighted by atomic mass is 10.2. The number of hydrogen-bond acceptors (Lipinski definition) is 3. The van der Waals surface area contributed by atoms with Crippen LogP contribution in [0.25, 0.3) is 0 Å². The van der Waals surface area contributed by atoms with Crippen molar-refractivity contribution in [3.63, 3.8) is 0 Å². The highest BCUT2D eigenvalue weighted by molar-refractivity contribution is 9.11. The van der Waals surface area contributed by atoms with E-state index in [0.717, 1.165) is 13.1 Å². The number of thiophene rings is 1. The van der Waals surface area contributed by atoms with Crippen LogP contribution < -0.4 is 5.32 Å². The number of aromatic nitrogens is 2. The fourth-order valence-electron chi connectivity index (χ4n) is 2.29. The molecule has 17 heavy (non-hydrogen) atoms. The molecule has 0 bridgehead atoms. The van der Waals surface area contributed by atoms with Crippen LogP contribution in [0.5, 0.6) is 0 Å². The van der Waals surface area contributed by atoms with E-state index in [9.17, 15) is 0 Å². The molecule has 1 unspecified atom stereocenters. The topological polar surface area (TPSA) is 29.9 Å². The number of nitrogens with zero attached hydrogens (tertiary/aromatic N) is 2. The van der Waals surface area contributed by atoms with Gasteiger partial charge >= 0.3 is 0 Å². The normalized spacial score (nSPS) is 19.9. The van der Waals surface area contributed by atoms with Gasteiger partial charge in [0.15, 0.2) is 0 Å². The third kappa shape index (κ3) is 2.46. The quantitative estimate of drug-likeness (QED) is 0.943. The van der Waals surface area contributed by atoms with Gasteiger partial charge in [0.25, 0.3) is 0 Å². The molecule has 0 spiro atoms. The summed E-state index contributed by atoms with van der Waals surface area (Å²) in [4.78, 5) is 5.64. The second-order valence-corrected chi connectivity index (χ2v) is 6.85. The van der Waals surface area contributed by atoms with Crippen molar-refractivity contribution < 1.29 is 0 Å². The summed E-state index contributed by atoms with van der Waals surface area (Å²) >= 11 is 5.29. The van der Waals surface area contributed by atoms with Gasteiger partial charge in [-0.3, -0.25) is 0 Å². The van der Waals surface area contributed by atoms with E-state index in [1.807, 2.05) is 12.5 Å². The lowest BCUT2D eigenvalue weighted by Crippen LogP contribution is -2.16. The molecule has 1 aliphatic rings. The summed E-state index contributed by atoms with van der Waals surface area (Å²) in [5.41, 5.74) is 1.31. The summed E-state index contributed by atoms with van der Waals surface area (Å²) in [6, 6.07) is 4.76. The first-order valence-electron chi connectivity index (χ1n) is 5.80. The predicted molar refractivity (Wildman–Crippen MR) is 73.3 cm³/mol. The van der Waals surface area contributed by atoms with Crippen molar-refractivity contribution in [3.8, 4) is 0 Å². The average Bonchev–Trinajstić information content (AvgIpc) is 3.00. The van der Waals surface area contributed by atoms with Gasteiger partial charge in [0, 0.05) is 17.1 Å². The van der Waals surface area contributed by atoms with Crippen molar-refractivity contribution in [2.24, 2.45) is 0 Å². The molecule has 3 heterocycles. The summed E-state index contributed by atoms with van der Waals surface area (Å²) in [6.45, 7) is 2.05. The number of halogens is 1. The van der Waals surface area contributed by atoms with Crippen molar-refractivity contribution in [2.75, 3.05) is 6.54 Å². The van der Waals surface area contributed by atoms with Crippen LogP contribution in [-0.4, -0.2) is 16.1 Å². The highest BCUT2D eigenvalue weighted by atomic mass is 79.9. The molecule has 1 aliphatic heterocycles. The molecule has 2 aromatic heterocycles. The third-order valence-corrected chi connectivity index (χ3v) is 4.73. The van der Waals surface area contributed by atoms with Crippen LogP contribution in [0.15, 0.2) is 28.4 Å². The van der Waals surface area contributed by atoms with Crippen molar-refractivity contribution in [2.45, 2.75) is 25.4 Å². The van der Waals surface area contributed by atoms with E-state index in [2.05, 4.69) is 42.9 Å². The molecule has 3 rings (SSSR count). The molecule has 1 N–H and O–H groups in total. The zero-order chi connectivity index (χ0) is 11.7. The summed E-state index contributed by atoms with van der Waals surface area (Å²) in [5, 5.41) is 3.52. The van der Waals surface area contributed by atoms with Crippen LogP contribution in [0.2, 0.25) is 0 Å². The first-order chi connectivity index (χ1) is 8.33. The fourth-order valence-corrected chi connectivity index (χ4v) is 3.78. The third-order valence-electron chi connectivity index (χ3n) is 3.12. The summed E-state index contributed by atoms with van der Waals surface area (Å²) < 4.78 is 3.44. The molecule has 0 aliphatic carbocycles. The Balaban J connectivity index is 1.81. The SMILES string of the molecule is Brc1ccc(Cn2cncc2C2CCCN2)s1. The number of rotatable bonds is 3. The Morgan fingerprint density at radius 3 is 3.18 bits per heavy atom. The Morgan fingerprint density at radius 1 is 1.53 bits per heavy atom. The van der Waals surface area contributed by atoms with Crippen LogP contribution in [0.4, 0.5) is 0 Å². The van der Waals surface area contributed by atoms with Gasteiger partial charge in [0.05, 0.1) is 22.4 Å². The molecule has 0 amide bonds. The minimum atomic E-state index is 0.487. The standard InChI is InChI=1S/C12H14BrN3S/c13-12-4-3-9(17-12)7-16-8-14-6-11(16)10-2-1-5-15-10/h3-4,6,8,10,15H,1-2,5,7H2. The second-order valence-electron chi connectivity index (χ2n) is 4.30. The van der Waals surface area contributed by atoms with Crippen LogP contribution in [-0.2, 0) is 6.54 Å². The first kappa shape index (κ1) is 11.4. The minimum absolute atomic E-state index is 0.487. The fraction of sp³-hybridized carbons (Fsp3) is 0.417. The van der Waals surface area contributed by atoms with Gasteiger partial charge in [0.2, 0.25) is 0 Å². The maximum absolute atomic E-state index is 4.29. The van der Waals surface area contributed by atoms with Crippen molar-refractivity contribution in [3.05, 3.63) is 39.0 Å². The molecule has 3 nitrogen and oxygen atoms in total. The Labute approximate surface area is 113 Å². The molecule has 1 atom stereocenters. The summed E-state index contributed by atoms with van der Waals surface area (Å²) in [6.07, 6.45) is 6.41. The second kappa shape index (κ2) is 4.92. The average molecular weight is 312 g/mol.